The summed E-state index contributed by atoms with van der Waals surface area (Å²) in [6.07, 6.45) is -4.76. The average Bonchev–Trinajstić information content (AvgIpc) is 2.63. The highest BCUT2D eigenvalue weighted by molar-refractivity contribution is 5.92. The Bertz CT molecular complexity index is 776. The van der Waals surface area contributed by atoms with Crippen LogP contribution in [0.15, 0.2) is 54.6 Å². The fraction of sp³-hybridized carbons (Fsp3) is 0.350. The van der Waals surface area contributed by atoms with E-state index in [1.54, 1.807) is 0 Å². The Labute approximate surface area is 161 Å². The minimum absolute atomic E-state index is 0.198. The second-order valence-corrected chi connectivity index (χ2v) is 6.66. The fourth-order valence-corrected chi connectivity index (χ4v) is 3.12. The molecule has 0 unspecified atom stereocenters. The van der Waals surface area contributed by atoms with E-state index in [1.807, 2.05) is 23.1 Å². The van der Waals surface area contributed by atoms with Crippen molar-refractivity contribution in [2.24, 2.45) is 0 Å². The zero-order chi connectivity index (χ0) is 20.0. The number of carbonyl (C=O) groups excluding carboxylic acids is 1. The lowest BCUT2D eigenvalue weighted by atomic mass is 10.2. The molecule has 28 heavy (non-hydrogen) atoms. The molecule has 2 aromatic carbocycles. The van der Waals surface area contributed by atoms with Crippen LogP contribution in [-0.2, 0) is 11.3 Å². The van der Waals surface area contributed by atoms with Crippen LogP contribution in [0.4, 0.5) is 18.9 Å². The molecule has 1 saturated heterocycles. The topological polar surface area (TPSA) is 44.8 Å². The van der Waals surface area contributed by atoms with Crippen LogP contribution in [0, 0.1) is 0 Å². The second kappa shape index (κ2) is 9.07. The number of anilines is 1. The molecule has 1 aliphatic heterocycles. The molecule has 2 aromatic rings. The molecule has 0 radical (unpaired) electrons. The normalized spacial score (nSPS) is 16.0. The van der Waals surface area contributed by atoms with Crippen molar-refractivity contribution in [2.45, 2.75) is 12.9 Å². The first-order valence-electron chi connectivity index (χ1n) is 9.02. The monoisotopic (exact) mass is 393 g/mol. The molecule has 1 fully saturated rings. The highest BCUT2D eigenvalue weighted by Crippen LogP contribution is 2.25. The minimum Gasteiger partial charge on any atom is -0.406 e. The van der Waals surface area contributed by atoms with Crippen molar-refractivity contribution < 1.29 is 22.7 Å². The van der Waals surface area contributed by atoms with Crippen molar-refractivity contribution in [3.63, 3.8) is 0 Å². The summed E-state index contributed by atoms with van der Waals surface area (Å²) in [5.41, 5.74) is 1.53. The van der Waals surface area contributed by atoms with Gasteiger partial charge in [0, 0.05) is 44.5 Å². The number of nitrogens with zero attached hydrogens (tertiary/aromatic N) is 2. The molecule has 3 rings (SSSR count). The predicted molar refractivity (Wildman–Crippen MR) is 99.9 cm³/mol. The Morgan fingerprint density at radius 1 is 0.964 bits per heavy atom. The molecule has 5 nitrogen and oxygen atoms in total. The summed E-state index contributed by atoms with van der Waals surface area (Å²) in [6, 6.07) is 15.5. The van der Waals surface area contributed by atoms with Crippen molar-refractivity contribution in [1.82, 2.24) is 9.80 Å². The van der Waals surface area contributed by atoms with Gasteiger partial charge in [0.1, 0.15) is 5.75 Å². The lowest BCUT2D eigenvalue weighted by Gasteiger charge is -2.34. The standard InChI is InChI=1S/C20H22F3N3O2/c21-20(22,23)28-18-8-4-7-17(13-18)24-19(27)15-26-11-9-25(10-12-26)14-16-5-2-1-3-6-16/h1-8,13H,9-12,14-15H2,(H,24,27). The maximum atomic E-state index is 12.3. The van der Waals surface area contributed by atoms with Gasteiger partial charge in [0.2, 0.25) is 5.91 Å². The van der Waals surface area contributed by atoms with Crippen LogP contribution in [-0.4, -0.2) is 54.8 Å². The van der Waals surface area contributed by atoms with E-state index in [2.05, 4.69) is 27.1 Å². The van der Waals surface area contributed by atoms with Crippen molar-refractivity contribution in [3.05, 3.63) is 60.2 Å². The van der Waals surface area contributed by atoms with E-state index < -0.39 is 6.36 Å². The lowest BCUT2D eigenvalue weighted by molar-refractivity contribution is -0.274. The van der Waals surface area contributed by atoms with Gasteiger partial charge in [-0.05, 0) is 17.7 Å². The zero-order valence-corrected chi connectivity index (χ0v) is 15.3. The second-order valence-electron chi connectivity index (χ2n) is 6.66. The molecular formula is C20H22F3N3O2. The number of rotatable bonds is 6. The number of halogens is 3. The van der Waals surface area contributed by atoms with Gasteiger partial charge in [-0.2, -0.15) is 0 Å². The molecule has 1 N–H and O–H groups in total. The molecule has 0 saturated carbocycles. The Kier molecular flexibility index (Phi) is 6.53. The number of hydrogen-bond acceptors (Lipinski definition) is 4. The summed E-state index contributed by atoms with van der Waals surface area (Å²) in [6.45, 7) is 4.32. The van der Waals surface area contributed by atoms with Gasteiger partial charge in [-0.3, -0.25) is 14.6 Å². The third kappa shape index (κ3) is 6.54. The van der Waals surface area contributed by atoms with Crippen LogP contribution in [0.3, 0.4) is 0 Å². The summed E-state index contributed by atoms with van der Waals surface area (Å²) in [5.74, 6) is -0.625. The smallest absolute Gasteiger partial charge is 0.406 e. The third-order valence-corrected chi connectivity index (χ3v) is 4.43. The number of nitrogens with one attached hydrogen (secondary N) is 1. The van der Waals surface area contributed by atoms with Crippen molar-refractivity contribution >= 4 is 11.6 Å². The summed E-state index contributed by atoms with van der Waals surface area (Å²) in [5, 5.41) is 2.62. The first kappa shape index (κ1) is 20.2. The van der Waals surface area contributed by atoms with Gasteiger partial charge < -0.3 is 10.1 Å². The van der Waals surface area contributed by atoms with E-state index in [0.29, 0.717) is 0 Å². The fourth-order valence-electron chi connectivity index (χ4n) is 3.12. The largest absolute Gasteiger partial charge is 0.573 e. The van der Waals surface area contributed by atoms with Gasteiger partial charge in [-0.15, -0.1) is 13.2 Å². The van der Waals surface area contributed by atoms with E-state index in [9.17, 15) is 18.0 Å². The van der Waals surface area contributed by atoms with Crippen LogP contribution in [0.5, 0.6) is 5.75 Å². The van der Waals surface area contributed by atoms with Crippen molar-refractivity contribution in [3.8, 4) is 5.75 Å². The molecule has 0 atom stereocenters. The van der Waals surface area contributed by atoms with E-state index in [4.69, 9.17) is 0 Å². The number of ether oxygens (including phenoxy) is 1. The summed E-state index contributed by atoms with van der Waals surface area (Å²) < 4.78 is 40.7. The average molecular weight is 393 g/mol. The quantitative estimate of drug-likeness (QED) is 0.818. The lowest BCUT2D eigenvalue weighted by Crippen LogP contribution is -2.48. The van der Waals surface area contributed by atoms with E-state index in [-0.39, 0.29) is 23.9 Å². The minimum atomic E-state index is -4.76. The van der Waals surface area contributed by atoms with Crippen molar-refractivity contribution in [1.29, 1.82) is 0 Å². The SMILES string of the molecule is O=C(CN1CCN(Cc2ccccc2)CC1)Nc1cccc(OC(F)(F)F)c1. The summed E-state index contributed by atoms with van der Waals surface area (Å²) in [4.78, 5) is 16.6. The molecule has 8 heteroatoms. The van der Waals surface area contributed by atoms with Gasteiger partial charge >= 0.3 is 6.36 Å². The van der Waals surface area contributed by atoms with Gasteiger partial charge in [0.15, 0.2) is 0 Å². The number of benzene rings is 2. The first-order chi connectivity index (χ1) is 13.4. The van der Waals surface area contributed by atoms with Gasteiger partial charge in [-0.25, -0.2) is 0 Å². The highest BCUT2D eigenvalue weighted by Gasteiger charge is 2.31. The van der Waals surface area contributed by atoms with Gasteiger partial charge in [-0.1, -0.05) is 36.4 Å². The maximum absolute atomic E-state index is 12.3. The van der Waals surface area contributed by atoms with E-state index >= 15 is 0 Å². The molecular weight excluding hydrogens is 371 g/mol. The molecule has 150 valence electrons. The zero-order valence-electron chi connectivity index (χ0n) is 15.3. The molecule has 0 aliphatic carbocycles. The summed E-state index contributed by atoms with van der Waals surface area (Å²) >= 11 is 0. The highest BCUT2D eigenvalue weighted by atomic mass is 19.4. The number of hydrogen-bond donors (Lipinski definition) is 1. The van der Waals surface area contributed by atoms with E-state index in [1.165, 1.54) is 23.8 Å². The Balaban J connectivity index is 1.44. The Hall–Kier alpha value is -2.58. The van der Waals surface area contributed by atoms with Gasteiger partial charge in [0.25, 0.3) is 0 Å². The third-order valence-electron chi connectivity index (χ3n) is 4.43. The van der Waals surface area contributed by atoms with Crippen LogP contribution >= 0.6 is 0 Å². The molecule has 1 aliphatic rings. The van der Waals surface area contributed by atoms with Crippen LogP contribution in [0.2, 0.25) is 0 Å². The Morgan fingerprint density at radius 2 is 1.64 bits per heavy atom. The molecule has 0 aromatic heterocycles. The van der Waals surface area contributed by atoms with Crippen LogP contribution in [0.1, 0.15) is 5.56 Å². The Morgan fingerprint density at radius 3 is 2.32 bits per heavy atom. The molecule has 1 heterocycles. The number of alkyl halides is 3. The van der Waals surface area contributed by atoms with Crippen molar-refractivity contribution in [2.75, 3.05) is 38.0 Å². The van der Waals surface area contributed by atoms with E-state index in [0.717, 1.165) is 38.8 Å². The number of piperazine rings is 1. The molecule has 0 spiro atoms. The number of amides is 1. The maximum Gasteiger partial charge on any atom is 0.573 e. The number of carbonyl (C=O) groups is 1. The molecule has 0 bridgehead atoms. The van der Waals surface area contributed by atoms with Crippen LogP contribution < -0.4 is 10.1 Å². The predicted octanol–water partition coefficient (Wildman–Crippen LogP) is 3.34. The van der Waals surface area contributed by atoms with Gasteiger partial charge in [0.05, 0.1) is 6.54 Å². The van der Waals surface area contributed by atoms with Crippen LogP contribution in [0.25, 0.3) is 0 Å². The summed E-state index contributed by atoms with van der Waals surface area (Å²) in [7, 11) is 0. The molecule has 1 amide bonds. The first-order valence-corrected chi connectivity index (χ1v) is 9.02.